The molecule has 0 saturated carbocycles. The molecule has 1 aliphatic carbocycles. The Morgan fingerprint density at radius 3 is 2.28 bits per heavy atom. The first-order chi connectivity index (χ1) is 11.8. The number of hydrogen-bond donors (Lipinski definition) is 0. The fourth-order valence-corrected chi connectivity index (χ4v) is 8.05. The van der Waals surface area contributed by atoms with E-state index in [1.165, 1.54) is 6.42 Å². The van der Waals surface area contributed by atoms with Crippen LogP contribution in [0.2, 0.25) is 13.1 Å². The second-order valence-corrected chi connectivity index (χ2v) is 17.7. The van der Waals surface area contributed by atoms with Crippen molar-refractivity contribution in [3.63, 3.8) is 0 Å². The molecule has 0 fully saturated rings. The summed E-state index contributed by atoms with van der Waals surface area (Å²) in [4.78, 5) is 0. The number of para-hydroxylation sites is 1. The third-order valence-electron chi connectivity index (χ3n) is 3.54. The summed E-state index contributed by atoms with van der Waals surface area (Å²) in [6.07, 6.45) is 13.6. The molecular formula is C22H32OSiTi. The first-order valence-electron chi connectivity index (χ1n) is 9.00. The van der Waals surface area contributed by atoms with E-state index < -0.39 is 0 Å². The van der Waals surface area contributed by atoms with E-state index in [4.69, 9.17) is 4.74 Å². The molecule has 1 aromatic carbocycles. The Morgan fingerprint density at radius 2 is 1.76 bits per heavy atom. The van der Waals surface area contributed by atoms with Gasteiger partial charge in [0.1, 0.15) is 5.75 Å². The molecule has 134 valence electrons. The Hall–Kier alpha value is -1.09. The zero-order valence-electron chi connectivity index (χ0n) is 16.5. The third-order valence-corrected chi connectivity index (χ3v) is 9.48. The Bertz CT molecular complexity index is 619. The van der Waals surface area contributed by atoms with E-state index in [9.17, 15) is 0 Å². The molecule has 1 nitrogen and oxygen atoms in total. The van der Waals surface area contributed by atoms with Crippen LogP contribution in [0.1, 0.15) is 34.1 Å². The number of hydrogen-bond acceptors (Lipinski definition) is 1. The van der Waals surface area contributed by atoms with Crippen LogP contribution in [0.5, 0.6) is 5.75 Å². The summed E-state index contributed by atoms with van der Waals surface area (Å²) in [5, 5.41) is 0. The maximum absolute atomic E-state index is 5.28. The first kappa shape index (κ1) is 22.0. The van der Waals surface area contributed by atoms with E-state index in [1.54, 1.807) is 15.7 Å². The van der Waals surface area contributed by atoms with Crippen molar-refractivity contribution in [1.82, 2.24) is 0 Å². The minimum absolute atomic E-state index is 0.282. The van der Waals surface area contributed by atoms with Gasteiger partial charge in [0.05, 0.1) is 6.26 Å². The zero-order valence-corrected chi connectivity index (χ0v) is 19.3. The van der Waals surface area contributed by atoms with Crippen molar-refractivity contribution in [2.75, 3.05) is 0 Å². The molecule has 0 aliphatic heterocycles. The predicted molar refractivity (Wildman–Crippen MR) is 110 cm³/mol. The molecule has 0 unspecified atom stereocenters. The average molecular weight is 388 g/mol. The summed E-state index contributed by atoms with van der Waals surface area (Å²) >= 11 is 0.302. The Morgan fingerprint density at radius 1 is 1.08 bits per heavy atom. The molecule has 0 bridgehead atoms. The van der Waals surface area contributed by atoms with Crippen LogP contribution in [0.3, 0.4) is 0 Å². The van der Waals surface area contributed by atoms with Crippen molar-refractivity contribution in [3.8, 4) is 5.75 Å². The number of allylic oxidation sites excluding steroid dienone is 7. The molecule has 0 aromatic heterocycles. The second kappa shape index (κ2) is 11.5. The Balaban J connectivity index is 0.000000251. The van der Waals surface area contributed by atoms with Crippen molar-refractivity contribution >= 4 is 6.66 Å². The van der Waals surface area contributed by atoms with Crippen LogP contribution in [-0.4, -0.2) is 6.66 Å². The second-order valence-electron chi connectivity index (χ2n) is 7.37. The maximum atomic E-state index is 5.28. The van der Waals surface area contributed by atoms with Crippen LogP contribution in [0.4, 0.5) is 0 Å². The Kier molecular flexibility index (Phi) is 10.1. The van der Waals surface area contributed by atoms with E-state index in [1.807, 2.05) is 55.5 Å². The molecule has 2 rings (SSSR count). The summed E-state index contributed by atoms with van der Waals surface area (Å²) in [6, 6.07) is 9.68. The number of benzene rings is 1. The van der Waals surface area contributed by atoms with Gasteiger partial charge >= 0.3 is 92.4 Å². The van der Waals surface area contributed by atoms with Gasteiger partial charge in [-0.15, -0.1) is 0 Å². The van der Waals surface area contributed by atoms with Crippen LogP contribution in [0.15, 0.2) is 76.4 Å². The van der Waals surface area contributed by atoms with Crippen molar-refractivity contribution < 1.29 is 23.1 Å². The fraction of sp³-hybridized carbons (Fsp3) is 0.364. The summed E-state index contributed by atoms with van der Waals surface area (Å²) in [5.41, 5.74) is 1.94. The van der Waals surface area contributed by atoms with E-state index in [-0.39, 0.29) is 6.66 Å². The number of ether oxygens (including phenoxy) is 1. The van der Waals surface area contributed by atoms with Crippen molar-refractivity contribution in [1.29, 1.82) is 0 Å². The van der Waals surface area contributed by atoms with Gasteiger partial charge in [-0.2, -0.15) is 0 Å². The SMILES string of the molecule is CC=CC=COc1ccccc1.C[SiH](C)[Ti][C]1=CC(C(C)(C)C)=CC1. The van der Waals surface area contributed by atoms with Gasteiger partial charge < -0.3 is 4.74 Å². The van der Waals surface area contributed by atoms with E-state index in [0.717, 1.165) is 5.75 Å². The molecule has 0 atom stereocenters. The molecule has 0 saturated heterocycles. The van der Waals surface area contributed by atoms with Gasteiger partial charge in [0.25, 0.3) is 0 Å². The van der Waals surface area contributed by atoms with Crippen LogP contribution >= 0.6 is 0 Å². The molecule has 0 amide bonds. The van der Waals surface area contributed by atoms with Crippen molar-refractivity contribution in [2.45, 2.75) is 47.2 Å². The molecule has 1 aromatic rings. The van der Waals surface area contributed by atoms with Crippen molar-refractivity contribution in [3.05, 3.63) is 76.4 Å². The van der Waals surface area contributed by atoms with Gasteiger partial charge in [-0.1, -0.05) is 30.4 Å². The van der Waals surface area contributed by atoms with E-state index >= 15 is 0 Å². The van der Waals surface area contributed by atoms with Gasteiger partial charge in [0, 0.05) is 0 Å². The van der Waals surface area contributed by atoms with Crippen LogP contribution in [0, 0.1) is 5.41 Å². The molecule has 0 heterocycles. The van der Waals surface area contributed by atoms with Crippen molar-refractivity contribution in [2.24, 2.45) is 5.41 Å². The molecule has 0 N–H and O–H groups in total. The van der Waals surface area contributed by atoms with E-state index in [2.05, 4.69) is 46.0 Å². The van der Waals surface area contributed by atoms with Gasteiger partial charge in [0.2, 0.25) is 0 Å². The molecule has 0 spiro atoms. The molecule has 3 heteroatoms. The van der Waals surface area contributed by atoms with Crippen LogP contribution < -0.4 is 4.74 Å². The first-order valence-corrected chi connectivity index (χ1v) is 15.4. The summed E-state index contributed by atoms with van der Waals surface area (Å²) in [7, 11) is 0. The fourth-order valence-electron chi connectivity index (χ4n) is 2.29. The normalized spacial score (nSPS) is 14.4. The molecule has 0 radical (unpaired) electrons. The third kappa shape index (κ3) is 9.84. The standard InChI is InChI=1S/C11H12O.C9H13.C2H7Si.Ti/c1-2-3-7-10-12-11-8-5-4-6-9-11;1-9(2,3)8-6-4-5-7-8;1-3-2;/h2-10H,1H3;6-7H,4H2,1-3H3;3H,1-2H3;. The van der Waals surface area contributed by atoms with Gasteiger partial charge in [-0.25, -0.2) is 0 Å². The van der Waals surface area contributed by atoms with Gasteiger partial charge in [-0.3, -0.25) is 0 Å². The quantitative estimate of drug-likeness (QED) is 0.319. The topological polar surface area (TPSA) is 9.23 Å². The monoisotopic (exact) mass is 388 g/mol. The minimum atomic E-state index is -0.282. The zero-order chi connectivity index (χ0) is 18.7. The summed E-state index contributed by atoms with van der Waals surface area (Å²) < 4.78 is 7.07. The van der Waals surface area contributed by atoms with Crippen LogP contribution in [0.25, 0.3) is 0 Å². The molecule has 1 aliphatic rings. The summed E-state index contributed by atoms with van der Waals surface area (Å²) in [5.74, 6) is 0.859. The number of rotatable bonds is 5. The molecule has 25 heavy (non-hydrogen) atoms. The Labute approximate surface area is 164 Å². The summed E-state index contributed by atoms with van der Waals surface area (Å²) in [6.45, 7) is 13.6. The van der Waals surface area contributed by atoms with Crippen LogP contribution in [-0.2, 0) is 18.4 Å². The predicted octanol–water partition coefficient (Wildman–Crippen LogP) is 6.47. The molecular weight excluding hydrogens is 356 g/mol. The van der Waals surface area contributed by atoms with Gasteiger partial charge in [-0.05, 0) is 25.1 Å². The average Bonchev–Trinajstić information content (AvgIpc) is 3.01. The van der Waals surface area contributed by atoms with E-state index in [0.29, 0.717) is 23.8 Å². The van der Waals surface area contributed by atoms with Gasteiger partial charge in [0.15, 0.2) is 0 Å².